The molecule has 0 radical (unpaired) electrons. The number of carbonyl (C=O) groups is 1. The molecule has 5 nitrogen and oxygen atoms in total. The van der Waals surface area contributed by atoms with Gasteiger partial charge in [-0.25, -0.2) is 0 Å². The molecule has 0 spiro atoms. The van der Waals surface area contributed by atoms with Crippen LogP contribution in [0, 0.1) is 0 Å². The van der Waals surface area contributed by atoms with Gasteiger partial charge in [0.05, 0.1) is 13.2 Å². The van der Waals surface area contributed by atoms with Crippen LogP contribution in [0.1, 0.15) is 26.2 Å². The Bertz CT molecular complexity index is 230. The number of nitrogens with zero attached hydrogens (tertiary/aromatic N) is 1. The maximum absolute atomic E-state index is 12.1. The van der Waals surface area contributed by atoms with E-state index in [9.17, 15) is 4.79 Å². The van der Waals surface area contributed by atoms with Crippen molar-refractivity contribution < 1.29 is 14.3 Å². The molecule has 0 unspecified atom stereocenters. The third-order valence-corrected chi connectivity index (χ3v) is 3.19. The fraction of sp³-hybridized carbons (Fsp3) is 0.923. The summed E-state index contributed by atoms with van der Waals surface area (Å²) < 4.78 is 10.2. The van der Waals surface area contributed by atoms with Gasteiger partial charge in [-0.05, 0) is 32.4 Å². The van der Waals surface area contributed by atoms with Crippen molar-refractivity contribution in [3.05, 3.63) is 0 Å². The summed E-state index contributed by atoms with van der Waals surface area (Å²) in [6, 6.07) is 0.379. The first-order valence-electron chi connectivity index (χ1n) is 6.86. The molecule has 0 aromatic carbocycles. The van der Waals surface area contributed by atoms with Crippen molar-refractivity contribution in [3.8, 4) is 0 Å². The van der Waals surface area contributed by atoms with Crippen molar-refractivity contribution in [2.45, 2.75) is 32.2 Å². The smallest absolute Gasteiger partial charge is 0.248 e. The maximum atomic E-state index is 12.1. The average molecular weight is 258 g/mol. The Labute approximate surface area is 110 Å². The summed E-state index contributed by atoms with van der Waals surface area (Å²) in [6.07, 6.45) is 3.08. The molecule has 1 aliphatic heterocycles. The molecule has 0 atom stereocenters. The van der Waals surface area contributed by atoms with Gasteiger partial charge in [0.1, 0.15) is 6.61 Å². The second-order valence-corrected chi connectivity index (χ2v) is 4.61. The molecule has 0 saturated carbocycles. The Morgan fingerprint density at radius 2 is 2.06 bits per heavy atom. The zero-order chi connectivity index (χ0) is 13.2. The lowest BCUT2D eigenvalue weighted by Gasteiger charge is -2.34. The van der Waals surface area contributed by atoms with Crippen molar-refractivity contribution in [1.82, 2.24) is 10.2 Å². The van der Waals surface area contributed by atoms with Crippen LogP contribution in [0.25, 0.3) is 0 Å². The van der Waals surface area contributed by atoms with Crippen molar-refractivity contribution in [3.63, 3.8) is 0 Å². The molecule has 1 N–H and O–H groups in total. The van der Waals surface area contributed by atoms with Gasteiger partial charge in [0.25, 0.3) is 0 Å². The van der Waals surface area contributed by atoms with Crippen LogP contribution in [-0.2, 0) is 14.3 Å². The minimum atomic E-state index is 0.111. The van der Waals surface area contributed by atoms with E-state index in [0.717, 1.165) is 38.9 Å². The summed E-state index contributed by atoms with van der Waals surface area (Å²) in [6.45, 7) is 6.13. The van der Waals surface area contributed by atoms with Gasteiger partial charge in [-0.3, -0.25) is 4.79 Å². The number of rotatable bonds is 8. The van der Waals surface area contributed by atoms with Crippen molar-refractivity contribution in [1.29, 1.82) is 0 Å². The predicted molar refractivity (Wildman–Crippen MR) is 70.6 cm³/mol. The van der Waals surface area contributed by atoms with Crippen LogP contribution in [0.15, 0.2) is 0 Å². The van der Waals surface area contributed by atoms with Crippen LogP contribution in [0.3, 0.4) is 0 Å². The average Bonchev–Trinajstić information content (AvgIpc) is 2.41. The monoisotopic (exact) mass is 258 g/mol. The van der Waals surface area contributed by atoms with Crippen LogP contribution in [0.4, 0.5) is 0 Å². The van der Waals surface area contributed by atoms with Crippen LogP contribution in [0.5, 0.6) is 0 Å². The largest absolute Gasteiger partial charge is 0.382 e. The van der Waals surface area contributed by atoms with Gasteiger partial charge in [0.15, 0.2) is 0 Å². The fourth-order valence-electron chi connectivity index (χ4n) is 2.25. The first kappa shape index (κ1) is 15.4. The molecule has 0 bridgehead atoms. The summed E-state index contributed by atoms with van der Waals surface area (Å²) in [5, 5.41) is 3.32. The van der Waals surface area contributed by atoms with Crippen molar-refractivity contribution >= 4 is 5.91 Å². The van der Waals surface area contributed by atoms with E-state index < -0.39 is 0 Å². The van der Waals surface area contributed by atoms with E-state index in [1.807, 2.05) is 4.90 Å². The highest BCUT2D eigenvalue weighted by atomic mass is 16.5. The number of piperidine rings is 1. The van der Waals surface area contributed by atoms with Crippen molar-refractivity contribution in [2.75, 3.05) is 46.6 Å². The van der Waals surface area contributed by atoms with E-state index in [-0.39, 0.29) is 12.5 Å². The summed E-state index contributed by atoms with van der Waals surface area (Å²) in [7, 11) is 1.63. The highest BCUT2D eigenvalue weighted by Gasteiger charge is 2.24. The van der Waals surface area contributed by atoms with E-state index in [1.165, 1.54) is 0 Å². The van der Waals surface area contributed by atoms with Crippen molar-refractivity contribution in [2.24, 2.45) is 0 Å². The zero-order valence-corrected chi connectivity index (χ0v) is 11.6. The highest BCUT2D eigenvalue weighted by molar-refractivity contribution is 5.77. The van der Waals surface area contributed by atoms with Gasteiger partial charge < -0.3 is 19.7 Å². The van der Waals surface area contributed by atoms with Crippen LogP contribution in [0.2, 0.25) is 0 Å². The van der Waals surface area contributed by atoms with Crippen LogP contribution < -0.4 is 5.32 Å². The molecular formula is C13H26N2O3. The van der Waals surface area contributed by atoms with E-state index in [2.05, 4.69) is 12.2 Å². The topological polar surface area (TPSA) is 50.8 Å². The quantitative estimate of drug-likeness (QED) is 0.649. The van der Waals surface area contributed by atoms with Gasteiger partial charge in [-0.15, -0.1) is 0 Å². The van der Waals surface area contributed by atoms with Gasteiger partial charge in [0, 0.05) is 19.7 Å². The summed E-state index contributed by atoms with van der Waals surface area (Å²) >= 11 is 0. The Balaban J connectivity index is 2.36. The molecule has 106 valence electrons. The first-order valence-corrected chi connectivity index (χ1v) is 6.86. The first-order chi connectivity index (χ1) is 8.79. The predicted octanol–water partition coefficient (Wildman–Crippen LogP) is 0.640. The zero-order valence-electron chi connectivity index (χ0n) is 11.6. The SMILES string of the molecule is CCCN(C(=O)COCCOC)C1CCNCC1. The number of hydrogen-bond donors (Lipinski definition) is 1. The van der Waals surface area contributed by atoms with E-state index in [1.54, 1.807) is 7.11 Å². The lowest BCUT2D eigenvalue weighted by atomic mass is 10.0. The van der Waals surface area contributed by atoms with Gasteiger partial charge in [-0.1, -0.05) is 6.92 Å². The van der Waals surface area contributed by atoms with Gasteiger partial charge in [0.2, 0.25) is 5.91 Å². The second kappa shape index (κ2) is 9.30. The normalized spacial score (nSPS) is 16.8. The third-order valence-electron chi connectivity index (χ3n) is 3.19. The Morgan fingerprint density at radius 3 is 2.67 bits per heavy atom. The molecule has 1 aliphatic rings. The number of nitrogens with one attached hydrogen (secondary N) is 1. The minimum Gasteiger partial charge on any atom is -0.382 e. The molecule has 1 rings (SSSR count). The lowest BCUT2D eigenvalue weighted by molar-refractivity contribution is -0.139. The van der Waals surface area contributed by atoms with E-state index in [0.29, 0.717) is 19.3 Å². The summed E-state index contributed by atoms with van der Waals surface area (Å²) in [5.74, 6) is 0.111. The lowest BCUT2D eigenvalue weighted by Crippen LogP contribution is -2.47. The molecule has 1 saturated heterocycles. The number of hydrogen-bond acceptors (Lipinski definition) is 4. The minimum absolute atomic E-state index is 0.111. The molecule has 1 amide bonds. The molecule has 0 aromatic heterocycles. The third kappa shape index (κ3) is 5.33. The Morgan fingerprint density at radius 1 is 1.33 bits per heavy atom. The standard InChI is InChI=1S/C13H26N2O3/c1-3-8-15(12-4-6-14-7-5-12)13(16)11-18-10-9-17-2/h12,14H,3-11H2,1-2H3. The number of amides is 1. The molecule has 1 fully saturated rings. The fourth-order valence-corrected chi connectivity index (χ4v) is 2.25. The summed E-state index contributed by atoms with van der Waals surface area (Å²) in [4.78, 5) is 14.1. The maximum Gasteiger partial charge on any atom is 0.248 e. The number of methoxy groups -OCH3 is 1. The molecule has 0 aliphatic carbocycles. The Hall–Kier alpha value is -0.650. The molecule has 1 heterocycles. The molecule has 18 heavy (non-hydrogen) atoms. The van der Waals surface area contributed by atoms with E-state index >= 15 is 0 Å². The summed E-state index contributed by atoms with van der Waals surface area (Å²) in [5.41, 5.74) is 0. The van der Waals surface area contributed by atoms with Crippen LogP contribution >= 0.6 is 0 Å². The number of carbonyl (C=O) groups excluding carboxylic acids is 1. The van der Waals surface area contributed by atoms with Crippen LogP contribution in [-0.4, -0.2) is 63.4 Å². The molecule has 5 heteroatoms. The molecule has 0 aromatic rings. The Kier molecular flexibility index (Phi) is 7.96. The van der Waals surface area contributed by atoms with E-state index in [4.69, 9.17) is 9.47 Å². The van der Waals surface area contributed by atoms with Gasteiger partial charge >= 0.3 is 0 Å². The molecular weight excluding hydrogens is 232 g/mol. The highest BCUT2D eigenvalue weighted by Crippen LogP contribution is 2.12. The second-order valence-electron chi connectivity index (χ2n) is 4.61. The number of ether oxygens (including phenoxy) is 2. The van der Waals surface area contributed by atoms with Gasteiger partial charge in [-0.2, -0.15) is 0 Å².